The van der Waals surface area contributed by atoms with Gasteiger partial charge in [-0.3, -0.25) is 19.7 Å². The quantitative estimate of drug-likeness (QED) is 0.759. The van der Waals surface area contributed by atoms with E-state index < -0.39 is 11.9 Å². The number of benzene rings is 2. The number of amides is 3. The first-order valence-electron chi connectivity index (χ1n) is 8.67. The summed E-state index contributed by atoms with van der Waals surface area (Å²) in [7, 11) is 0. The van der Waals surface area contributed by atoms with Crippen LogP contribution in [0.1, 0.15) is 34.3 Å². The maximum absolute atomic E-state index is 13.1. The molecule has 0 radical (unpaired) electrons. The van der Waals surface area contributed by atoms with Gasteiger partial charge in [-0.15, -0.1) is 0 Å². The molecule has 0 aliphatic carbocycles. The van der Waals surface area contributed by atoms with E-state index in [0.29, 0.717) is 35.4 Å². The van der Waals surface area contributed by atoms with Crippen LogP contribution in [-0.4, -0.2) is 28.7 Å². The lowest BCUT2D eigenvalue weighted by Crippen LogP contribution is -2.52. The molecule has 0 saturated carbocycles. The maximum Gasteiger partial charge on any atom is 0.259 e. The Morgan fingerprint density at radius 3 is 2.63 bits per heavy atom. The molecule has 6 nitrogen and oxygen atoms in total. The number of carbonyl (C=O) groups is 3. The minimum atomic E-state index is -0.636. The van der Waals surface area contributed by atoms with Gasteiger partial charge in [0.15, 0.2) is 0 Å². The largest absolute Gasteiger partial charge is 0.487 e. The van der Waals surface area contributed by atoms with Crippen LogP contribution >= 0.6 is 15.9 Å². The fourth-order valence-electron chi connectivity index (χ4n) is 3.47. The lowest BCUT2D eigenvalue weighted by Gasteiger charge is -2.29. The van der Waals surface area contributed by atoms with Gasteiger partial charge in [0.25, 0.3) is 5.91 Å². The van der Waals surface area contributed by atoms with Gasteiger partial charge in [-0.25, -0.2) is 0 Å². The molecule has 2 aliphatic heterocycles. The number of halogens is 1. The molecule has 3 amide bonds. The molecule has 2 aromatic rings. The Balaban J connectivity index is 1.60. The number of fused-ring (bicyclic) bond motifs is 1. The Hall–Kier alpha value is -2.67. The second-order valence-electron chi connectivity index (χ2n) is 6.58. The van der Waals surface area contributed by atoms with Crippen molar-refractivity contribution in [1.29, 1.82) is 0 Å². The van der Waals surface area contributed by atoms with Crippen LogP contribution in [0, 0.1) is 0 Å². The molecule has 0 spiro atoms. The van der Waals surface area contributed by atoms with Crippen molar-refractivity contribution in [1.82, 2.24) is 10.2 Å². The van der Waals surface area contributed by atoms with Crippen LogP contribution in [0.5, 0.6) is 5.75 Å². The van der Waals surface area contributed by atoms with Gasteiger partial charge in [-0.05, 0) is 39.5 Å². The van der Waals surface area contributed by atoms with E-state index in [0.717, 1.165) is 11.1 Å². The summed E-state index contributed by atoms with van der Waals surface area (Å²) in [5, 5.41) is 2.31. The number of carbonyl (C=O) groups excluding carboxylic acids is 3. The molecule has 7 heteroatoms. The van der Waals surface area contributed by atoms with Gasteiger partial charge < -0.3 is 9.64 Å². The molecular weight excluding hydrogens is 412 g/mol. The lowest BCUT2D eigenvalue weighted by molar-refractivity contribution is -0.136. The van der Waals surface area contributed by atoms with Crippen molar-refractivity contribution in [2.75, 3.05) is 0 Å². The molecule has 2 heterocycles. The highest BCUT2D eigenvalue weighted by molar-refractivity contribution is 9.10. The molecule has 27 heavy (non-hydrogen) atoms. The smallest absolute Gasteiger partial charge is 0.259 e. The molecule has 0 aromatic heterocycles. The maximum atomic E-state index is 13.1. The molecule has 2 aromatic carbocycles. The minimum Gasteiger partial charge on any atom is -0.487 e. The van der Waals surface area contributed by atoms with Crippen LogP contribution in [-0.2, 0) is 22.7 Å². The summed E-state index contributed by atoms with van der Waals surface area (Å²) in [5.41, 5.74) is 2.29. The predicted molar refractivity (Wildman–Crippen MR) is 101 cm³/mol. The van der Waals surface area contributed by atoms with Crippen molar-refractivity contribution in [2.45, 2.75) is 32.0 Å². The molecule has 1 unspecified atom stereocenters. The zero-order chi connectivity index (χ0) is 19.0. The second-order valence-corrected chi connectivity index (χ2v) is 7.44. The van der Waals surface area contributed by atoms with E-state index in [1.807, 2.05) is 42.5 Å². The highest BCUT2D eigenvalue weighted by atomic mass is 79.9. The van der Waals surface area contributed by atoms with Gasteiger partial charge in [0.05, 0.1) is 10.0 Å². The van der Waals surface area contributed by atoms with Crippen molar-refractivity contribution in [2.24, 2.45) is 0 Å². The number of imide groups is 1. The van der Waals surface area contributed by atoms with E-state index in [9.17, 15) is 14.4 Å². The van der Waals surface area contributed by atoms with E-state index in [1.54, 1.807) is 0 Å². The van der Waals surface area contributed by atoms with Gasteiger partial charge in [-0.1, -0.05) is 36.4 Å². The molecule has 1 atom stereocenters. The summed E-state index contributed by atoms with van der Waals surface area (Å²) < 4.78 is 6.66. The first kappa shape index (κ1) is 17.7. The molecule has 138 valence electrons. The number of hydrogen-bond acceptors (Lipinski definition) is 4. The van der Waals surface area contributed by atoms with Crippen LogP contribution in [0.15, 0.2) is 46.9 Å². The number of nitrogens with one attached hydrogen (secondary N) is 1. The van der Waals surface area contributed by atoms with Gasteiger partial charge in [-0.2, -0.15) is 0 Å². The van der Waals surface area contributed by atoms with Crippen molar-refractivity contribution in [3.63, 3.8) is 0 Å². The van der Waals surface area contributed by atoms with E-state index in [2.05, 4.69) is 21.2 Å². The normalized spacial score (nSPS) is 19.1. The van der Waals surface area contributed by atoms with Gasteiger partial charge in [0.1, 0.15) is 18.4 Å². The average molecular weight is 429 g/mol. The summed E-state index contributed by atoms with van der Waals surface area (Å²) in [4.78, 5) is 38.2. The van der Waals surface area contributed by atoms with Crippen LogP contribution in [0.2, 0.25) is 0 Å². The molecule has 1 fully saturated rings. The van der Waals surface area contributed by atoms with Crippen molar-refractivity contribution in [3.8, 4) is 5.75 Å². The third kappa shape index (κ3) is 3.35. The third-order valence-electron chi connectivity index (χ3n) is 4.82. The minimum absolute atomic E-state index is 0.234. The van der Waals surface area contributed by atoms with Crippen LogP contribution in [0.3, 0.4) is 0 Å². The van der Waals surface area contributed by atoms with Crippen molar-refractivity contribution < 1.29 is 19.1 Å². The summed E-state index contributed by atoms with van der Waals surface area (Å²) >= 11 is 3.47. The Bertz CT molecular complexity index is 929. The Morgan fingerprint density at radius 2 is 1.89 bits per heavy atom. The zero-order valence-electron chi connectivity index (χ0n) is 14.4. The molecule has 0 bridgehead atoms. The standard InChI is InChI=1S/C20H17BrN2O4/c21-14-7-6-13-10-23(15-8-9-16(24)22-19(15)25)20(26)17(13)18(14)27-11-12-4-2-1-3-5-12/h1-7,15H,8-11H2,(H,22,24,25). The highest BCUT2D eigenvalue weighted by Gasteiger charge is 2.41. The fraction of sp³-hybridized carbons (Fsp3) is 0.250. The van der Waals surface area contributed by atoms with Gasteiger partial charge >= 0.3 is 0 Å². The van der Waals surface area contributed by atoms with Crippen LogP contribution < -0.4 is 10.1 Å². The first-order valence-corrected chi connectivity index (χ1v) is 9.46. The Morgan fingerprint density at radius 1 is 1.11 bits per heavy atom. The van der Waals surface area contributed by atoms with Crippen molar-refractivity contribution in [3.05, 3.63) is 63.6 Å². The molecule has 1 saturated heterocycles. The highest BCUT2D eigenvalue weighted by Crippen LogP contribution is 2.38. The Kier molecular flexibility index (Phi) is 4.70. The number of rotatable bonds is 4. The molecular formula is C20H17BrN2O4. The zero-order valence-corrected chi connectivity index (χ0v) is 16.0. The van der Waals surface area contributed by atoms with Gasteiger partial charge in [0.2, 0.25) is 11.8 Å². The molecule has 4 rings (SSSR count). The second kappa shape index (κ2) is 7.15. The lowest BCUT2D eigenvalue weighted by atomic mass is 10.0. The summed E-state index contributed by atoms with van der Waals surface area (Å²) in [6.07, 6.45) is 0.573. The van der Waals surface area contributed by atoms with Gasteiger partial charge in [0, 0.05) is 13.0 Å². The third-order valence-corrected chi connectivity index (χ3v) is 5.45. The number of nitrogens with zero attached hydrogens (tertiary/aromatic N) is 1. The topological polar surface area (TPSA) is 75.7 Å². The monoisotopic (exact) mass is 428 g/mol. The number of ether oxygens (including phenoxy) is 1. The summed E-state index contributed by atoms with van der Waals surface area (Å²) in [6.45, 7) is 0.664. The van der Waals surface area contributed by atoms with Crippen molar-refractivity contribution >= 4 is 33.7 Å². The Labute approximate surface area is 164 Å². The average Bonchev–Trinajstić information content (AvgIpc) is 2.99. The SMILES string of the molecule is O=C1CCC(N2Cc3ccc(Br)c(OCc4ccccc4)c3C2=O)C(=O)N1. The van der Waals surface area contributed by atoms with E-state index in [1.165, 1.54) is 4.90 Å². The summed E-state index contributed by atoms with van der Waals surface area (Å²) in [5.74, 6) is -0.478. The molecule has 1 N–H and O–H groups in total. The van der Waals surface area contributed by atoms with Crippen LogP contribution in [0.4, 0.5) is 0 Å². The van der Waals surface area contributed by atoms with Crippen LogP contribution in [0.25, 0.3) is 0 Å². The van der Waals surface area contributed by atoms with E-state index in [-0.39, 0.29) is 18.2 Å². The number of hydrogen-bond donors (Lipinski definition) is 1. The van der Waals surface area contributed by atoms with E-state index in [4.69, 9.17) is 4.74 Å². The fourth-order valence-corrected chi connectivity index (χ4v) is 3.91. The summed E-state index contributed by atoms with van der Waals surface area (Å²) in [6, 6.07) is 12.8. The predicted octanol–water partition coefficient (Wildman–Crippen LogP) is 2.79. The first-order chi connectivity index (χ1) is 13.0. The molecule has 2 aliphatic rings. The number of piperidine rings is 1. The van der Waals surface area contributed by atoms with E-state index >= 15 is 0 Å².